The van der Waals surface area contributed by atoms with Crippen LogP contribution in [0, 0.1) is 5.92 Å². The van der Waals surface area contributed by atoms with E-state index in [0.29, 0.717) is 12.1 Å². The third-order valence-corrected chi connectivity index (χ3v) is 6.06. The number of hydrogen-bond acceptors (Lipinski definition) is 4. The number of hydrogen-bond donors (Lipinski definition) is 2. The van der Waals surface area contributed by atoms with E-state index in [1.165, 1.54) is 37.0 Å². The van der Waals surface area contributed by atoms with Crippen molar-refractivity contribution in [1.82, 2.24) is 10.0 Å². The summed E-state index contributed by atoms with van der Waals surface area (Å²) in [7, 11) is -2.04. The molecular weight excluding hydrogens is 350 g/mol. The highest BCUT2D eigenvalue weighted by molar-refractivity contribution is 7.89. The number of nitrogens with one attached hydrogen (secondary N) is 2. The molecule has 0 radical (unpaired) electrons. The van der Waals surface area contributed by atoms with Crippen LogP contribution in [-0.4, -0.2) is 41.0 Å². The fraction of sp³-hybridized carbons (Fsp3) is 0.316. The summed E-state index contributed by atoms with van der Waals surface area (Å²) >= 11 is 0. The van der Waals surface area contributed by atoms with Crippen LogP contribution >= 0.6 is 0 Å². The minimum Gasteiger partial charge on any atom is -0.371 e. The zero-order chi connectivity index (χ0) is 18.6. The number of rotatable bonds is 6. The summed E-state index contributed by atoms with van der Waals surface area (Å²) < 4.78 is 27.6. The Balaban J connectivity index is 1.58. The molecule has 7 heteroatoms. The highest BCUT2D eigenvalue weighted by Crippen LogP contribution is 2.23. The van der Waals surface area contributed by atoms with Gasteiger partial charge in [-0.25, -0.2) is 13.1 Å². The number of carbonyl (C=O) groups excluding carboxylic acids is 1. The minimum absolute atomic E-state index is 0.170. The van der Waals surface area contributed by atoms with E-state index < -0.39 is 10.0 Å². The molecule has 3 rings (SSSR count). The van der Waals surface area contributed by atoms with E-state index in [9.17, 15) is 13.2 Å². The number of carbonyl (C=O) groups is 1. The van der Waals surface area contributed by atoms with Crippen molar-refractivity contribution in [3.05, 3.63) is 60.2 Å². The summed E-state index contributed by atoms with van der Waals surface area (Å²) in [5, 5.41) is 2.51. The predicted molar refractivity (Wildman–Crippen MR) is 102 cm³/mol. The molecule has 1 amide bonds. The van der Waals surface area contributed by atoms with E-state index in [4.69, 9.17) is 0 Å². The molecule has 1 heterocycles. The first kappa shape index (κ1) is 18.4. The van der Waals surface area contributed by atoms with Crippen LogP contribution in [0.1, 0.15) is 16.8 Å². The zero-order valence-electron chi connectivity index (χ0n) is 14.7. The summed E-state index contributed by atoms with van der Waals surface area (Å²) in [5.41, 5.74) is 1.60. The predicted octanol–water partition coefficient (Wildman–Crippen LogP) is 1.85. The van der Waals surface area contributed by atoms with Crippen molar-refractivity contribution in [2.45, 2.75) is 11.3 Å². The Morgan fingerprint density at radius 2 is 1.81 bits per heavy atom. The van der Waals surface area contributed by atoms with Crippen LogP contribution < -0.4 is 14.9 Å². The van der Waals surface area contributed by atoms with E-state index in [1.807, 2.05) is 18.2 Å². The van der Waals surface area contributed by atoms with Crippen molar-refractivity contribution in [3.8, 4) is 0 Å². The SMILES string of the molecule is CNC(=O)c1ccc(S(=O)(=O)NCC2CCN(c3ccccc3)C2)cc1. The van der Waals surface area contributed by atoms with Gasteiger partial charge in [-0.05, 0) is 48.7 Å². The van der Waals surface area contributed by atoms with Gasteiger partial charge in [0.1, 0.15) is 0 Å². The molecule has 1 aliphatic heterocycles. The maximum absolute atomic E-state index is 12.5. The first-order valence-electron chi connectivity index (χ1n) is 8.61. The lowest BCUT2D eigenvalue weighted by molar-refractivity contribution is 0.0963. The molecule has 138 valence electrons. The standard InChI is InChI=1S/C19H23N3O3S/c1-20-19(23)16-7-9-18(10-8-16)26(24,25)21-13-15-11-12-22(14-15)17-5-3-2-4-6-17/h2-10,15,21H,11-14H2,1H3,(H,20,23). The molecule has 2 N–H and O–H groups in total. The molecule has 0 saturated carbocycles. The molecule has 1 aliphatic rings. The van der Waals surface area contributed by atoms with Gasteiger partial charge in [0, 0.05) is 37.9 Å². The summed E-state index contributed by atoms with van der Waals surface area (Å²) in [6.07, 6.45) is 0.951. The molecule has 1 atom stereocenters. The van der Waals surface area contributed by atoms with Gasteiger partial charge < -0.3 is 10.2 Å². The van der Waals surface area contributed by atoms with Crippen LogP contribution in [0.25, 0.3) is 0 Å². The van der Waals surface area contributed by atoms with Gasteiger partial charge in [-0.3, -0.25) is 4.79 Å². The normalized spacial score (nSPS) is 17.3. The quantitative estimate of drug-likeness (QED) is 0.810. The first-order chi connectivity index (χ1) is 12.5. The van der Waals surface area contributed by atoms with Crippen LogP contribution in [0.3, 0.4) is 0 Å². The Hall–Kier alpha value is -2.38. The van der Waals surface area contributed by atoms with E-state index in [2.05, 4.69) is 27.1 Å². The number of benzene rings is 2. The Morgan fingerprint density at radius 1 is 1.12 bits per heavy atom. The molecule has 1 fully saturated rings. The maximum atomic E-state index is 12.5. The fourth-order valence-electron chi connectivity index (χ4n) is 3.11. The van der Waals surface area contributed by atoms with E-state index in [0.717, 1.165) is 19.5 Å². The lowest BCUT2D eigenvalue weighted by Gasteiger charge is -2.18. The summed E-state index contributed by atoms with van der Waals surface area (Å²) in [5.74, 6) is 0.0315. The fourth-order valence-corrected chi connectivity index (χ4v) is 4.23. The molecule has 1 saturated heterocycles. The van der Waals surface area contributed by atoms with Gasteiger partial charge >= 0.3 is 0 Å². The number of amides is 1. The maximum Gasteiger partial charge on any atom is 0.251 e. The van der Waals surface area contributed by atoms with Crippen LogP contribution in [0.15, 0.2) is 59.5 Å². The lowest BCUT2D eigenvalue weighted by atomic mass is 10.1. The Kier molecular flexibility index (Phi) is 5.58. The van der Waals surface area contributed by atoms with Crippen molar-refractivity contribution in [3.63, 3.8) is 0 Å². The molecule has 2 aromatic carbocycles. The second-order valence-corrected chi connectivity index (χ2v) is 8.16. The van der Waals surface area contributed by atoms with E-state index in [1.54, 1.807) is 0 Å². The average Bonchev–Trinajstić information content (AvgIpc) is 3.16. The van der Waals surface area contributed by atoms with Gasteiger partial charge in [0.05, 0.1) is 4.90 Å². The van der Waals surface area contributed by atoms with Crippen molar-refractivity contribution in [2.75, 3.05) is 31.6 Å². The van der Waals surface area contributed by atoms with Gasteiger partial charge in [0.25, 0.3) is 5.91 Å². The summed E-state index contributed by atoms with van der Waals surface area (Å²) in [4.78, 5) is 14.0. The van der Waals surface area contributed by atoms with Crippen molar-refractivity contribution in [2.24, 2.45) is 5.92 Å². The van der Waals surface area contributed by atoms with Crippen LogP contribution in [0.4, 0.5) is 5.69 Å². The molecule has 0 aliphatic carbocycles. The van der Waals surface area contributed by atoms with Gasteiger partial charge in [0.15, 0.2) is 0 Å². The molecular formula is C19H23N3O3S. The molecule has 1 unspecified atom stereocenters. The summed E-state index contributed by atoms with van der Waals surface area (Å²) in [6.45, 7) is 2.17. The molecule has 0 bridgehead atoms. The average molecular weight is 373 g/mol. The second-order valence-electron chi connectivity index (χ2n) is 6.39. The minimum atomic E-state index is -3.58. The van der Waals surface area contributed by atoms with Crippen LogP contribution in [0.2, 0.25) is 0 Å². The molecule has 2 aromatic rings. The summed E-state index contributed by atoms with van der Waals surface area (Å²) in [6, 6.07) is 16.1. The van der Waals surface area contributed by atoms with E-state index in [-0.39, 0.29) is 16.7 Å². The van der Waals surface area contributed by atoms with Gasteiger partial charge in [-0.2, -0.15) is 0 Å². The monoisotopic (exact) mass is 373 g/mol. The van der Waals surface area contributed by atoms with Crippen LogP contribution in [-0.2, 0) is 10.0 Å². The number of sulfonamides is 1. The topological polar surface area (TPSA) is 78.5 Å². The smallest absolute Gasteiger partial charge is 0.251 e. The Bertz CT molecular complexity index is 851. The number of anilines is 1. The largest absolute Gasteiger partial charge is 0.371 e. The van der Waals surface area contributed by atoms with Crippen molar-refractivity contribution < 1.29 is 13.2 Å². The Morgan fingerprint density at radius 3 is 2.46 bits per heavy atom. The molecule has 26 heavy (non-hydrogen) atoms. The third-order valence-electron chi connectivity index (χ3n) is 4.62. The third kappa shape index (κ3) is 4.23. The highest BCUT2D eigenvalue weighted by atomic mass is 32.2. The second kappa shape index (κ2) is 7.88. The molecule has 6 nitrogen and oxygen atoms in total. The van der Waals surface area contributed by atoms with Gasteiger partial charge in [-0.1, -0.05) is 18.2 Å². The van der Waals surface area contributed by atoms with E-state index >= 15 is 0 Å². The zero-order valence-corrected chi connectivity index (χ0v) is 15.5. The lowest BCUT2D eigenvalue weighted by Crippen LogP contribution is -2.31. The van der Waals surface area contributed by atoms with Crippen molar-refractivity contribution in [1.29, 1.82) is 0 Å². The van der Waals surface area contributed by atoms with Crippen LogP contribution in [0.5, 0.6) is 0 Å². The Labute approximate surface area is 154 Å². The highest BCUT2D eigenvalue weighted by Gasteiger charge is 2.24. The van der Waals surface area contributed by atoms with Gasteiger partial charge in [-0.15, -0.1) is 0 Å². The molecule has 0 spiro atoms. The van der Waals surface area contributed by atoms with Gasteiger partial charge in [0.2, 0.25) is 10.0 Å². The molecule has 0 aromatic heterocycles. The first-order valence-corrected chi connectivity index (χ1v) is 10.1. The number of para-hydroxylation sites is 1. The number of nitrogens with zero attached hydrogens (tertiary/aromatic N) is 1. The van der Waals surface area contributed by atoms with Crippen molar-refractivity contribution >= 4 is 21.6 Å².